The van der Waals surface area contributed by atoms with Gasteiger partial charge in [-0.1, -0.05) is 51.3 Å². The molecule has 0 radical (unpaired) electrons. The Labute approximate surface area is 216 Å². The highest BCUT2D eigenvalue weighted by molar-refractivity contribution is 9.10. The molecule has 0 heterocycles. The SMILES string of the molecule is Cc1ccc(NC(=O)CC(=O)NN=Cc2cc(Br)ccc2OCc2ccc(Cl)cc2Cl)cc1C. The number of hydrogen-bond donors (Lipinski definition) is 2. The van der Waals surface area contributed by atoms with Crippen LogP contribution in [0.5, 0.6) is 5.75 Å². The highest BCUT2D eigenvalue weighted by atomic mass is 79.9. The molecule has 0 aromatic heterocycles. The van der Waals surface area contributed by atoms with E-state index >= 15 is 0 Å². The molecule has 0 aliphatic heterocycles. The van der Waals surface area contributed by atoms with Gasteiger partial charge in [0.2, 0.25) is 11.8 Å². The van der Waals surface area contributed by atoms with E-state index in [1.807, 2.05) is 32.0 Å². The Morgan fingerprint density at radius 2 is 1.79 bits per heavy atom. The third kappa shape index (κ3) is 7.58. The van der Waals surface area contributed by atoms with Gasteiger partial charge in [-0.25, -0.2) is 5.43 Å². The van der Waals surface area contributed by atoms with Crippen molar-refractivity contribution in [1.29, 1.82) is 0 Å². The van der Waals surface area contributed by atoms with Gasteiger partial charge < -0.3 is 10.1 Å². The van der Waals surface area contributed by atoms with Crippen LogP contribution in [0, 0.1) is 13.8 Å². The van der Waals surface area contributed by atoms with Crippen LogP contribution in [0.15, 0.2) is 64.2 Å². The molecule has 0 unspecified atom stereocenters. The first-order chi connectivity index (χ1) is 16.2. The lowest BCUT2D eigenvalue weighted by molar-refractivity contribution is -0.126. The molecule has 2 N–H and O–H groups in total. The summed E-state index contributed by atoms with van der Waals surface area (Å²) in [6.07, 6.45) is 1.09. The van der Waals surface area contributed by atoms with E-state index in [0.29, 0.717) is 27.0 Å². The van der Waals surface area contributed by atoms with E-state index in [9.17, 15) is 9.59 Å². The number of benzene rings is 3. The zero-order chi connectivity index (χ0) is 24.7. The minimum atomic E-state index is -0.539. The third-order valence-electron chi connectivity index (χ3n) is 4.87. The molecule has 34 heavy (non-hydrogen) atoms. The molecule has 0 aliphatic carbocycles. The first-order valence-electron chi connectivity index (χ1n) is 10.3. The van der Waals surface area contributed by atoms with Crippen LogP contribution in [-0.2, 0) is 16.2 Å². The van der Waals surface area contributed by atoms with E-state index in [1.165, 1.54) is 6.21 Å². The molecule has 6 nitrogen and oxygen atoms in total. The van der Waals surface area contributed by atoms with E-state index in [4.69, 9.17) is 27.9 Å². The highest BCUT2D eigenvalue weighted by Crippen LogP contribution is 2.26. The smallest absolute Gasteiger partial charge is 0.249 e. The topological polar surface area (TPSA) is 79.8 Å². The molecule has 0 atom stereocenters. The number of carbonyl (C=O) groups excluding carboxylic acids is 2. The van der Waals surface area contributed by atoms with Crippen molar-refractivity contribution in [3.8, 4) is 5.75 Å². The number of hydrogen-bond acceptors (Lipinski definition) is 4. The largest absolute Gasteiger partial charge is 0.488 e. The zero-order valence-corrected chi connectivity index (χ0v) is 21.6. The molecule has 0 saturated carbocycles. The van der Waals surface area contributed by atoms with Crippen molar-refractivity contribution < 1.29 is 14.3 Å². The quantitative estimate of drug-likeness (QED) is 0.188. The summed E-state index contributed by atoms with van der Waals surface area (Å²) in [5, 5.41) is 7.72. The summed E-state index contributed by atoms with van der Waals surface area (Å²) >= 11 is 15.6. The van der Waals surface area contributed by atoms with Gasteiger partial charge in [-0.2, -0.15) is 5.10 Å². The van der Waals surface area contributed by atoms with Gasteiger partial charge in [0.05, 0.1) is 6.21 Å². The second-order valence-corrected chi connectivity index (χ2v) is 9.28. The monoisotopic (exact) mass is 561 g/mol. The number of ether oxygens (including phenoxy) is 1. The van der Waals surface area contributed by atoms with Gasteiger partial charge in [0.1, 0.15) is 18.8 Å². The van der Waals surface area contributed by atoms with E-state index < -0.39 is 11.8 Å². The number of hydrazone groups is 1. The number of nitrogens with zero attached hydrogens (tertiary/aromatic N) is 1. The molecule has 0 aliphatic rings. The molecule has 0 bridgehead atoms. The summed E-state index contributed by atoms with van der Waals surface area (Å²) in [4.78, 5) is 24.3. The van der Waals surface area contributed by atoms with Gasteiger partial charge in [-0.05, 0) is 67.4 Å². The van der Waals surface area contributed by atoms with E-state index in [1.54, 1.807) is 36.4 Å². The van der Waals surface area contributed by atoms with Gasteiger partial charge in [-0.3, -0.25) is 9.59 Å². The van der Waals surface area contributed by atoms with E-state index in [2.05, 4.69) is 31.8 Å². The fourth-order valence-electron chi connectivity index (χ4n) is 2.93. The van der Waals surface area contributed by atoms with Gasteiger partial charge in [-0.15, -0.1) is 0 Å². The van der Waals surface area contributed by atoms with Crippen molar-refractivity contribution >= 4 is 62.8 Å². The van der Waals surface area contributed by atoms with Gasteiger partial charge in [0.15, 0.2) is 0 Å². The van der Waals surface area contributed by atoms with E-state index in [0.717, 1.165) is 21.2 Å². The standard InChI is InChI=1S/C25H22BrCl2N3O3/c1-15-3-7-21(9-16(15)2)30-24(32)12-25(33)31-29-13-18-10-19(26)5-8-23(18)34-14-17-4-6-20(27)11-22(17)28/h3-11,13H,12,14H2,1-2H3,(H,30,32)(H,31,33). The molecule has 3 rings (SSSR count). The van der Waals surface area contributed by atoms with Crippen LogP contribution in [0.2, 0.25) is 10.0 Å². The fourth-order valence-corrected chi connectivity index (χ4v) is 3.77. The highest BCUT2D eigenvalue weighted by Gasteiger charge is 2.10. The summed E-state index contributed by atoms with van der Waals surface area (Å²) in [6.45, 7) is 4.17. The predicted molar refractivity (Wildman–Crippen MR) is 140 cm³/mol. The van der Waals surface area contributed by atoms with Gasteiger partial charge in [0, 0.05) is 31.3 Å². The number of aryl methyl sites for hydroxylation is 2. The molecule has 9 heteroatoms. The zero-order valence-electron chi connectivity index (χ0n) is 18.5. The molecular formula is C25H22BrCl2N3O3. The summed E-state index contributed by atoms with van der Waals surface area (Å²) < 4.78 is 6.70. The van der Waals surface area contributed by atoms with E-state index in [-0.39, 0.29) is 13.0 Å². The van der Waals surface area contributed by atoms with Crippen molar-refractivity contribution in [2.45, 2.75) is 26.9 Å². The Morgan fingerprint density at radius 1 is 1.00 bits per heavy atom. The summed E-state index contributed by atoms with van der Waals surface area (Å²) in [6, 6.07) is 16.1. The maximum atomic E-state index is 12.2. The minimum absolute atomic E-state index is 0.226. The number of rotatable bonds is 8. The number of carbonyl (C=O) groups is 2. The molecular weight excluding hydrogens is 541 g/mol. The van der Waals surface area contributed by atoms with Crippen LogP contribution in [-0.4, -0.2) is 18.0 Å². The average molecular weight is 563 g/mol. The summed E-state index contributed by atoms with van der Waals surface area (Å²) in [5.74, 6) is -0.426. The lowest BCUT2D eigenvalue weighted by atomic mass is 10.1. The third-order valence-corrected chi connectivity index (χ3v) is 5.95. The maximum Gasteiger partial charge on any atom is 0.249 e. The Kier molecular flexibility index (Phi) is 9.10. The Balaban J connectivity index is 1.57. The van der Waals surface area contributed by atoms with Crippen LogP contribution < -0.4 is 15.5 Å². The first kappa shape index (κ1) is 25.7. The number of halogens is 3. The molecule has 2 amide bonds. The van der Waals surface area contributed by atoms with Crippen LogP contribution >= 0.6 is 39.1 Å². The first-order valence-corrected chi connectivity index (χ1v) is 11.8. The molecule has 3 aromatic carbocycles. The minimum Gasteiger partial charge on any atom is -0.488 e. The van der Waals surface area contributed by atoms with Crippen molar-refractivity contribution in [3.63, 3.8) is 0 Å². The van der Waals surface area contributed by atoms with Gasteiger partial charge in [0.25, 0.3) is 0 Å². The van der Waals surface area contributed by atoms with Gasteiger partial charge >= 0.3 is 0 Å². The molecule has 0 saturated heterocycles. The maximum absolute atomic E-state index is 12.2. The van der Waals surface area contributed by atoms with Crippen molar-refractivity contribution in [2.75, 3.05) is 5.32 Å². The van der Waals surface area contributed by atoms with Crippen LogP contribution in [0.25, 0.3) is 0 Å². The number of anilines is 1. The summed E-state index contributed by atoms with van der Waals surface area (Å²) in [7, 11) is 0. The lowest BCUT2D eigenvalue weighted by Crippen LogP contribution is -2.24. The molecule has 0 fully saturated rings. The van der Waals surface area contributed by atoms with Crippen molar-refractivity contribution in [1.82, 2.24) is 5.43 Å². The molecule has 0 spiro atoms. The normalized spacial score (nSPS) is 10.9. The number of amides is 2. The number of nitrogens with one attached hydrogen (secondary N) is 2. The van der Waals surface area contributed by atoms with Crippen LogP contribution in [0.1, 0.15) is 28.7 Å². The summed E-state index contributed by atoms with van der Waals surface area (Å²) in [5.41, 5.74) is 6.58. The Bertz CT molecular complexity index is 1250. The van der Waals surface area contributed by atoms with Crippen LogP contribution in [0.4, 0.5) is 5.69 Å². The second kappa shape index (κ2) is 12.0. The lowest BCUT2D eigenvalue weighted by Gasteiger charge is -2.11. The molecule has 3 aromatic rings. The second-order valence-electron chi connectivity index (χ2n) is 7.52. The predicted octanol–water partition coefficient (Wildman–Crippen LogP) is 6.43. The fraction of sp³-hybridized carbons (Fsp3) is 0.160. The van der Waals surface area contributed by atoms with Crippen molar-refractivity contribution in [2.24, 2.45) is 5.10 Å². The Morgan fingerprint density at radius 3 is 2.53 bits per heavy atom. The molecule has 176 valence electrons. The average Bonchev–Trinajstić information content (AvgIpc) is 2.76. The van der Waals surface area contributed by atoms with Crippen molar-refractivity contribution in [3.05, 3.63) is 91.4 Å². The van der Waals surface area contributed by atoms with Crippen LogP contribution in [0.3, 0.4) is 0 Å². The Hall–Kier alpha value is -2.87.